The lowest BCUT2D eigenvalue weighted by atomic mass is 10.1. The third kappa shape index (κ3) is 4.06. The Labute approximate surface area is 144 Å². The standard InChI is InChI=1S/C20H15NO2S/c22-18(13-8-15-5-2-1-3-6-15)16-9-11-17(12-10-16)21-20(23)19-7-4-14-24-19/h1-14H,(H,21,23)/b13-8+. The van der Waals surface area contributed by atoms with Crippen LogP contribution in [0.4, 0.5) is 5.69 Å². The second-order valence-electron chi connectivity index (χ2n) is 5.12. The van der Waals surface area contributed by atoms with Gasteiger partial charge in [-0.15, -0.1) is 11.3 Å². The van der Waals surface area contributed by atoms with Crippen LogP contribution in [0, 0.1) is 0 Å². The number of rotatable bonds is 5. The van der Waals surface area contributed by atoms with Crippen molar-refractivity contribution in [3.63, 3.8) is 0 Å². The SMILES string of the molecule is O=C(/C=C/c1ccccc1)c1ccc(NC(=O)c2cccs2)cc1. The van der Waals surface area contributed by atoms with E-state index in [2.05, 4.69) is 5.32 Å². The number of nitrogens with one attached hydrogen (secondary N) is 1. The van der Waals surface area contributed by atoms with Gasteiger partial charge in [0.25, 0.3) is 5.91 Å². The quantitative estimate of drug-likeness (QED) is 0.533. The Morgan fingerprint density at radius 3 is 2.29 bits per heavy atom. The number of thiophene rings is 1. The lowest BCUT2D eigenvalue weighted by molar-refractivity contribution is 0.102. The van der Waals surface area contributed by atoms with Gasteiger partial charge in [-0.1, -0.05) is 42.5 Å². The van der Waals surface area contributed by atoms with Crippen molar-refractivity contribution in [3.05, 3.63) is 94.2 Å². The summed E-state index contributed by atoms with van der Waals surface area (Å²) in [6.45, 7) is 0. The predicted octanol–water partition coefficient (Wildman–Crippen LogP) is 4.90. The number of hydrogen-bond donors (Lipinski definition) is 1. The van der Waals surface area contributed by atoms with Crippen LogP contribution < -0.4 is 5.32 Å². The lowest BCUT2D eigenvalue weighted by Crippen LogP contribution is -2.10. The van der Waals surface area contributed by atoms with Crippen LogP contribution in [0.2, 0.25) is 0 Å². The lowest BCUT2D eigenvalue weighted by Gasteiger charge is -2.04. The number of anilines is 1. The van der Waals surface area contributed by atoms with Crippen LogP contribution >= 0.6 is 11.3 Å². The van der Waals surface area contributed by atoms with Crippen LogP contribution in [0.15, 0.2) is 78.2 Å². The number of carbonyl (C=O) groups excluding carboxylic acids is 2. The molecule has 0 spiro atoms. The molecule has 0 aliphatic rings. The van der Waals surface area contributed by atoms with E-state index in [0.29, 0.717) is 16.1 Å². The molecule has 118 valence electrons. The maximum Gasteiger partial charge on any atom is 0.265 e. The summed E-state index contributed by atoms with van der Waals surface area (Å²) >= 11 is 1.39. The van der Waals surface area contributed by atoms with Gasteiger partial charge in [0.05, 0.1) is 4.88 Å². The zero-order chi connectivity index (χ0) is 16.8. The minimum absolute atomic E-state index is 0.0741. The van der Waals surface area contributed by atoms with Crippen LogP contribution in [0.1, 0.15) is 25.6 Å². The molecule has 1 heterocycles. The molecular weight excluding hydrogens is 318 g/mol. The molecular formula is C20H15NO2S. The maximum atomic E-state index is 12.2. The molecule has 0 fully saturated rings. The third-order valence-electron chi connectivity index (χ3n) is 3.40. The fourth-order valence-corrected chi connectivity index (χ4v) is 2.77. The summed E-state index contributed by atoms with van der Waals surface area (Å²) in [6.07, 6.45) is 3.34. The van der Waals surface area contributed by atoms with E-state index in [9.17, 15) is 9.59 Å². The molecule has 1 aromatic heterocycles. The Hall–Kier alpha value is -2.98. The Kier molecular flexibility index (Phi) is 4.99. The zero-order valence-electron chi connectivity index (χ0n) is 12.8. The molecule has 0 aliphatic carbocycles. The molecule has 0 aliphatic heterocycles. The van der Waals surface area contributed by atoms with E-state index in [0.717, 1.165) is 5.56 Å². The van der Waals surface area contributed by atoms with Crippen LogP contribution in [-0.2, 0) is 0 Å². The first-order valence-corrected chi connectivity index (χ1v) is 8.33. The first-order valence-electron chi connectivity index (χ1n) is 7.45. The Morgan fingerprint density at radius 1 is 0.875 bits per heavy atom. The largest absolute Gasteiger partial charge is 0.321 e. The smallest absolute Gasteiger partial charge is 0.265 e. The average Bonchev–Trinajstić information content (AvgIpc) is 3.16. The second kappa shape index (κ2) is 7.53. The summed E-state index contributed by atoms with van der Waals surface area (Å²) < 4.78 is 0. The van der Waals surface area contributed by atoms with Crippen molar-refractivity contribution < 1.29 is 9.59 Å². The Bertz CT molecular complexity index is 850. The van der Waals surface area contributed by atoms with E-state index in [-0.39, 0.29) is 11.7 Å². The molecule has 3 rings (SSSR count). The average molecular weight is 333 g/mol. The van der Waals surface area contributed by atoms with Crippen molar-refractivity contribution in [1.82, 2.24) is 0 Å². The molecule has 2 aromatic carbocycles. The normalized spacial score (nSPS) is 10.7. The summed E-state index contributed by atoms with van der Waals surface area (Å²) in [5.74, 6) is -0.219. The van der Waals surface area contributed by atoms with Crippen molar-refractivity contribution >= 4 is 34.8 Å². The van der Waals surface area contributed by atoms with Crippen molar-refractivity contribution in [2.45, 2.75) is 0 Å². The van der Waals surface area contributed by atoms with Gasteiger partial charge < -0.3 is 5.32 Å². The number of allylic oxidation sites excluding steroid dienone is 1. The molecule has 0 unspecified atom stereocenters. The predicted molar refractivity (Wildman–Crippen MR) is 98.5 cm³/mol. The van der Waals surface area contributed by atoms with E-state index >= 15 is 0 Å². The number of amides is 1. The number of carbonyl (C=O) groups is 2. The third-order valence-corrected chi connectivity index (χ3v) is 4.27. The van der Waals surface area contributed by atoms with Gasteiger partial charge in [0, 0.05) is 11.3 Å². The van der Waals surface area contributed by atoms with Gasteiger partial charge in [-0.2, -0.15) is 0 Å². The van der Waals surface area contributed by atoms with Crippen LogP contribution in [0.5, 0.6) is 0 Å². The van der Waals surface area contributed by atoms with Gasteiger partial charge in [0.1, 0.15) is 0 Å². The molecule has 0 atom stereocenters. The maximum absolute atomic E-state index is 12.2. The monoisotopic (exact) mass is 333 g/mol. The summed E-state index contributed by atoms with van der Waals surface area (Å²) in [4.78, 5) is 24.8. The van der Waals surface area contributed by atoms with Gasteiger partial charge in [-0.05, 0) is 47.4 Å². The first kappa shape index (κ1) is 15.9. The highest BCUT2D eigenvalue weighted by Crippen LogP contribution is 2.15. The van der Waals surface area contributed by atoms with Crippen molar-refractivity contribution in [3.8, 4) is 0 Å². The molecule has 0 radical (unpaired) electrons. The molecule has 3 aromatic rings. The van der Waals surface area contributed by atoms with Gasteiger partial charge in [-0.25, -0.2) is 0 Å². The molecule has 4 heteroatoms. The first-order chi connectivity index (χ1) is 11.7. The Balaban J connectivity index is 1.64. The molecule has 3 nitrogen and oxygen atoms in total. The molecule has 0 saturated heterocycles. The molecule has 0 bridgehead atoms. The van der Waals surface area contributed by atoms with Crippen molar-refractivity contribution in [2.24, 2.45) is 0 Å². The van der Waals surface area contributed by atoms with Crippen LogP contribution in [0.3, 0.4) is 0 Å². The summed E-state index contributed by atoms with van der Waals surface area (Å²) in [7, 11) is 0. The van der Waals surface area contributed by atoms with Crippen molar-refractivity contribution in [2.75, 3.05) is 5.32 Å². The number of ketones is 1. The highest BCUT2D eigenvalue weighted by molar-refractivity contribution is 7.12. The van der Waals surface area contributed by atoms with Gasteiger partial charge >= 0.3 is 0 Å². The van der Waals surface area contributed by atoms with E-state index in [1.807, 2.05) is 41.8 Å². The fraction of sp³-hybridized carbons (Fsp3) is 0. The summed E-state index contributed by atoms with van der Waals surface area (Å²) in [5.41, 5.74) is 2.22. The van der Waals surface area contributed by atoms with Crippen LogP contribution in [-0.4, -0.2) is 11.7 Å². The summed E-state index contributed by atoms with van der Waals surface area (Å²) in [5, 5.41) is 4.67. The minimum atomic E-state index is -0.145. The molecule has 24 heavy (non-hydrogen) atoms. The van der Waals surface area contributed by atoms with E-state index in [1.54, 1.807) is 42.5 Å². The number of benzene rings is 2. The Morgan fingerprint density at radius 2 is 1.62 bits per heavy atom. The number of hydrogen-bond acceptors (Lipinski definition) is 3. The van der Waals surface area contributed by atoms with Gasteiger partial charge in [-0.3, -0.25) is 9.59 Å². The van der Waals surface area contributed by atoms with E-state index < -0.39 is 0 Å². The van der Waals surface area contributed by atoms with E-state index in [4.69, 9.17) is 0 Å². The van der Waals surface area contributed by atoms with E-state index in [1.165, 1.54) is 11.3 Å². The van der Waals surface area contributed by atoms with Gasteiger partial charge in [0.15, 0.2) is 5.78 Å². The molecule has 1 amide bonds. The highest BCUT2D eigenvalue weighted by Gasteiger charge is 2.07. The van der Waals surface area contributed by atoms with Crippen LogP contribution in [0.25, 0.3) is 6.08 Å². The molecule has 1 N–H and O–H groups in total. The van der Waals surface area contributed by atoms with Crippen molar-refractivity contribution in [1.29, 1.82) is 0 Å². The second-order valence-corrected chi connectivity index (χ2v) is 6.06. The molecule has 0 saturated carbocycles. The minimum Gasteiger partial charge on any atom is -0.321 e. The summed E-state index contributed by atoms with van der Waals surface area (Å²) in [6, 6.07) is 20.1. The zero-order valence-corrected chi connectivity index (χ0v) is 13.6. The topological polar surface area (TPSA) is 46.2 Å². The fourth-order valence-electron chi connectivity index (χ4n) is 2.15. The van der Waals surface area contributed by atoms with Gasteiger partial charge in [0.2, 0.25) is 0 Å². The highest BCUT2D eigenvalue weighted by atomic mass is 32.1.